The highest BCUT2D eigenvalue weighted by atomic mass is 16.5. The van der Waals surface area contributed by atoms with Crippen LogP contribution in [0.5, 0.6) is 11.5 Å². The Kier molecular flexibility index (Phi) is 3.62. The standard InChI is InChI=1S/C13H15N3O2/c1-14-12-7-9(15-8-16-12)13-10(17-2)5-4-6-11(13)18-3/h4-8H,1-3H3,(H,14,15,16). The van der Waals surface area contributed by atoms with Gasteiger partial charge in [-0.2, -0.15) is 0 Å². The topological polar surface area (TPSA) is 56.3 Å². The van der Waals surface area contributed by atoms with Gasteiger partial charge < -0.3 is 14.8 Å². The fourth-order valence-corrected chi connectivity index (χ4v) is 1.73. The second-order valence-electron chi connectivity index (χ2n) is 3.58. The monoisotopic (exact) mass is 245 g/mol. The predicted molar refractivity (Wildman–Crippen MR) is 70.1 cm³/mol. The summed E-state index contributed by atoms with van der Waals surface area (Å²) in [6.07, 6.45) is 1.51. The van der Waals surface area contributed by atoms with E-state index in [9.17, 15) is 0 Å². The van der Waals surface area contributed by atoms with Crippen LogP contribution in [-0.4, -0.2) is 31.2 Å². The van der Waals surface area contributed by atoms with E-state index in [-0.39, 0.29) is 0 Å². The quantitative estimate of drug-likeness (QED) is 0.895. The number of nitrogens with one attached hydrogen (secondary N) is 1. The van der Waals surface area contributed by atoms with E-state index in [1.807, 2.05) is 31.3 Å². The summed E-state index contributed by atoms with van der Waals surface area (Å²) in [7, 11) is 5.06. The Labute approximate surface area is 106 Å². The highest BCUT2D eigenvalue weighted by molar-refractivity contribution is 5.75. The Morgan fingerprint density at radius 1 is 1.06 bits per heavy atom. The lowest BCUT2D eigenvalue weighted by atomic mass is 10.1. The van der Waals surface area contributed by atoms with Crippen molar-refractivity contribution in [1.82, 2.24) is 9.97 Å². The van der Waals surface area contributed by atoms with Crippen LogP contribution < -0.4 is 14.8 Å². The Morgan fingerprint density at radius 3 is 2.28 bits per heavy atom. The largest absolute Gasteiger partial charge is 0.496 e. The van der Waals surface area contributed by atoms with Gasteiger partial charge in [-0.3, -0.25) is 0 Å². The van der Waals surface area contributed by atoms with Gasteiger partial charge in [0, 0.05) is 13.1 Å². The highest BCUT2D eigenvalue weighted by Gasteiger charge is 2.13. The first-order valence-electron chi connectivity index (χ1n) is 5.51. The molecule has 0 saturated carbocycles. The molecule has 1 aromatic carbocycles. The van der Waals surface area contributed by atoms with Crippen molar-refractivity contribution in [3.63, 3.8) is 0 Å². The molecule has 1 heterocycles. The molecule has 94 valence electrons. The van der Waals surface area contributed by atoms with Crippen LogP contribution in [0.1, 0.15) is 0 Å². The number of benzene rings is 1. The minimum atomic E-state index is 0.718. The molecule has 0 saturated heterocycles. The van der Waals surface area contributed by atoms with Crippen LogP contribution in [0.2, 0.25) is 0 Å². The maximum Gasteiger partial charge on any atom is 0.132 e. The first-order valence-corrected chi connectivity index (χ1v) is 5.51. The third-order valence-corrected chi connectivity index (χ3v) is 2.61. The van der Waals surface area contributed by atoms with Gasteiger partial charge in [-0.05, 0) is 12.1 Å². The molecule has 0 aliphatic heterocycles. The number of hydrogen-bond acceptors (Lipinski definition) is 5. The molecule has 5 heteroatoms. The number of methoxy groups -OCH3 is 2. The summed E-state index contributed by atoms with van der Waals surface area (Å²) in [5.74, 6) is 2.18. The van der Waals surface area contributed by atoms with E-state index >= 15 is 0 Å². The van der Waals surface area contributed by atoms with Crippen molar-refractivity contribution in [2.24, 2.45) is 0 Å². The SMILES string of the molecule is CNc1cc(-c2c(OC)cccc2OC)ncn1. The van der Waals surface area contributed by atoms with Crippen LogP contribution in [0.25, 0.3) is 11.3 Å². The molecule has 18 heavy (non-hydrogen) atoms. The zero-order valence-electron chi connectivity index (χ0n) is 10.6. The summed E-state index contributed by atoms with van der Waals surface area (Å²) in [4.78, 5) is 8.35. The third-order valence-electron chi connectivity index (χ3n) is 2.61. The summed E-state index contributed by atoms with van der Waals surface area (Å²) < 4.78 is 10.7. The van der Waals surface area contributed by atoms with Crippen LogP contribution in [0.15, 0.2) is 30.6 Å². The van der Waals surface area contributed by atoms with Gasteiger partial charge in [0.25, 0.3) is 0 Å². The molecule has 1 N–H and O–H groups in total. The van der Waals surface area contributed by atoms with Gasteiger partial charge in [0.15, 0.2) is 0 Å². The summed E-state index contributed by atoms with van der Waals surface area (Å²) in [5.41, 5.74) is 1.57. The zero-order valence-corrected chi connectivity index (χ0v) is 10.6. The van der Waals surface area contributed by atoms with Crippen LogP contribution in [0.3, 0.4) is 0 Å². The molecule has 0 fully saturated rings. The van der Waals surface area contributed by atoms with Gasteiger partial charge in [-0.1, -0.05) is 6.07 Å². The van der Waals surface area contributed by atoms with Gasteiger partial charge >= 0.3 is 0 Å². The van der Waals surface area contributed by atoms with Crippen molar-refractivity contribution >= 4 is 5.82 Å². The van der Waals surface area contributed by atoms with Gasteiger partial charge in [0.2, 0.25) is 0 Å². The van der Waals surface area contributed by atoms with E-state index in [1.165, 1.54) is 6.33 Å². The molecule has 5 nitrogen and oxygen atoms in total. The normalized spacial score (nSPS) is 9.94. The van der Waals surface area contributed by atoms with Crippen molar-refractivity contribution in [3.05, 3.63) is 30.6 Å². The number of rotatable bonds is 4. The number of anilines is 1. The molecule has 2 aromatic rings. The van der Waals surface area contributed by atoms with Crippen molar-refractivity contribution < 1.29 is 9.47 Å². The smallest absolute Gasteiger partial charge is 0.132 e. The van der Waals surface area contributed by atoms with Gasteiger partial charge in [0.1, 0.15) is 23.6 Å². The maximum atomic E-state index is 5.35. The molecule has 1 aromatic heterocycles. The van der Waals surface area contributed by atoms with Crippen molar-refractivity contribution in [1.29, 1.82) is 0 Å². The minimum Gasteiger partial charge on any atom is -0.496 e. The van der Waals surface area contributed by atoms with Crippen molar-refractivity contribution in [2.75, 3.05) is 26.6 Å². The highest BCUT2D eigenvalue weighted by Crippen LogP contribution is 2.37. The molecule has 0 amide bonds. The van der Waals surface area contributed by atoms with E-state index in [1.54, 1.807) is 14.2 Å². The molecule has 0 unspecified atom stereocenters. The lowest BCUT2D eigenvalue weighted by Crippen LogP contribution is -1.97. The molecule has 0 radical (unpaired) electrons. The fourth-order valence-electron chi connectivity index (χ4n) is 1.73. The minimum absolute atomic E-state index is 0.718. The maximum absolute atomic E-state index is 5.35. The molecular weight excluding hydrogens is 230 g/mol. The van der Waals surface area contributed by atoms with Gasteiger partial charge in [0.05, 0.1) is 25.5 Å². The predicted octanol–water partition coefficient (Wildman–Crippen LogP) is 2.20. The average molecular weight is 245 g/mol. The third kappa shape index (κ3) is 2.20. The zero-order chi connectivity index (χ0) is 13.0. The van der Waals surface area contributed by atoms with E-state index in [0.29, 0.717) is 0 Å². The van der Waals surface area contributed by atoms with Crippen LogP contribution in [0.4, 0.5) is 5.82 Å². The lowest BCUT2D eigenvalue weighted by molar-refractivity contribution is 0.397. The Bertz CT molecular complexity index is 521. The van der Waals surface area contributed by atoms with Crippen molar-refractivity contribution in [2.45, 2.75) is 0 Å². The first kappa shape index (κ1) is 12.2. The molecule has 0 aliphatic rings. The average Bonchev–Trinajstić information content (AvgIpc) is 2.46. The number of nitrogens with zero attached hydrogens (tertiary/aromatic N) is 2. The number of aromatic nitrogens is 2. The Balaban J connectivity index is 2.60. The molecule has 0 atom stereocenters. The summed E-state index contributed by atoms with van der Waals surface area (Å²) >= 11 is 0. The Morgan fingerprint density at radius 2 is 1.72 bits per heavy atom. The van der Waals surface area contributed by atoms with E-state index in [4.69, 9.17) is 9.47 Å². The van der Waals surface area contributed by atoms with E-state index in [2.05, 4.69) is 15.3 Å². The molecule has 0 spiro atoms. The first-order chi connectivity index (χ1) is 8.80. The second kappa shape index (κ2) is 5.35. The Hall–Kier alpha value is -2.30. The summed E-state index contributed by atoms with van der Waals surface area (Å²) in [6, 6.07) is 7.47. The fraction of sp³-hybridized carbons (Fsp3) is 0.231. The van der Waals surface area contributed by atoms with Crippen LogP contribution in [0, 0.1) is 0 Å². The van der Waals surface area contributed by atoms with E-state index in [0.717, 1.165) is 28.6 Å². The van der Waals surface area contributed by atoms with E-state index < -0.39 is 0 Å². The van der Waals surface area contributed by atoms with Crippen LogP contribution >= 0.6 is 0 Å². The number of ether oxygens (including phenoxy) is 2. The van der Waals surface area contributed by atoms with Gasteiger partial charge in [-0.15, -0.1) is 0 Å². The molecule has 2 rings (SSSR count). The molecule has 0 aliphatic carbocycles. The van der Waals surface area contributed by atoms with Crippen molar-refractivity contribution in [3.8, 4) is 22.8 Å². The number of hydrogen-bond donors (Lipinski definition) is 1. The molecule has 0 bridgehead atoms. The van der Waals surface area contributed by atoms with Gasteiger partial charge in [-0.25, -0.2) is 9.97 Å². The molecular formula is C13H15N3O2. The van der Waals surface area contributed by atoms with Crippen LogP contribution in [-0.2, 0) is 0 Å². The lowest BCUT2D eigenvalue weighted by Gasteiger charge is -2.12. The second-order valence-corrected chi connectivity index (χ2v) is 3.58. The summed E-state index contributed by atoms with van der Waals surface area (Å²) in [6.45, 7) is 0. The summed E-state index contributed by atoms with van der Waals surface area (Å²) in [5, 5.41) is 2.98.